The highest BCUT2D eigenvalue weighted by atomic mass is 15.3. The Morgan fingerprint density at radius 2 is 2.00 bits per heavy atom. The van der Waals surface area contributed by atoms with Gasteiger partial charge in [0, 0.05) is 17.9 Å². The van der Waals surface area contributed by atoms with Gasteiger partial charge in [-0.1, -0.05) is 18.2 Å². The number of aromatic nitrogens is 1. The van der Waals surface area contributed by atoms with Gasteiger partial charge in [0.05, 0.1) is 19.4 Å². The predicted octanol–water partition coefficient (Wildman–Crippen LogP) is 3.49. The fourth-order valence-electron chi connectivity index (χ4n) is 2.63. The standard InChI is InChI=1S/C19H23N5/c1-14-6-4-8-17(16(14)3)21-12-19-20-10-11-24(19)13-22-18-9-5-7-15(2)23-18/h4-9,13,21H,10-12H2,1-3H3/b22-13+. The molecule has 1 aromatic carbocycles. The summed E-state index contributed by atoms with van der Waals surface area (Å²) in [6, 6.07) is 12.1. The highest BCUT2D eigenvalue weighted by molar-refractivity contribution is 5.96. The van der Waals surface area contributed by atoms with Crippen LogP contribution in [0.3, 0.4) is 0 Å². The van der Waals surface area contributed by atoms with Gasteiger partial charge >= 0.3 is 0 Å². The summed E-state index contributed by atoms with van der Waals surface area (Å²) in [5.41, 5.74) is 4.69. The number of aryl methyl sites for hydroxylation is 2. The molecule has 0 atom stereocenters. The summed E-state index contributed by atoms with van der Waals surface area (Å²) in [4.78, 5) is 15.5. The van der Waals surface area contributed by atoms with E-state index in [1.54, 1.807) is 0 Å². The van der Waals surface area contributed by atoms with Gasteiger partial charge in [-0.3, -0.25) is 4.99 Å². The molecule has 124 valence electrons. The van der Waals surface area contributed by atoms with Crippen LogP contribution in [0.4, 0.5) is 11.5 Å². The van der Waals surface area contributed by atoms with Crippen LogP contribution in [-0.4, -0.2) is 41.7 Å². The van der Waals surface area contributed by atoms with E-state index in [-0.39, 0.29) is 0 Å². The van der Waals surface area contributed by atoms with Crippen molar-refractivity contribution in [3.05, 3.63) is 53.2 Å². The van der Waals surface area contributed by atoms with Gasteiger partial charge in [0.25, 0.3) is 0 Å². The molecule has 0 spiro atoms. The van der Waals surface area contributed by atoms with Crippen LogP contribution >= 0.6 is 0 Å². The molecule has 0 aliphatic carbocycles. The molecule has 2 heterocycles. The third-order valence-corrected chi connectivity index (χ3v) is 4.21. The van der Waals surface area contributed by atoms with Gasteiger partial charge in [-0.15, -0.1) is 0 Å². The highest BCUT2D eigenvalue weighted by Gasteiger charge is 2.15. The zero-order valence-electron chi connectivity index (χ0n) is 14.5. The molecule has 0 saturated carbocycles. The number of benzene rings is 1. The van der Waals surface area contributed by atoms with Crippen LogP contribution in [0.25, 0.3) is 0 Å². The first-order valence-electron chi connectivity index (χ1n) is 8.21. The van der Waals surface area contributed by atoms with Crippen molar-refractivity contribution < 1.29 is 0 Å². The average Bonchev–Trinajstić information content (AvgIpc) is 3.02. The van der Waals surface area contributed by atoms with Crippen LogP contribution in [0.1, 0.15) is 16.8 Å². The lowest BCUT2D eigenvalue weighted by Gasteiger charge is -2.17. The quantitative estimate of drug-likeness (QED) is 0.677. The Labute approximate surface area is 143 Å². The average molecular weight is 321 g/mol. The molecule has 0 unspecified atom stereocenters. The Morgan fingerprint density at radius 3 is 2.83 bits per heavy atom. The van der Waals surface area contributed by atoms with Gasteiger partial charge < -0.3 is 10.2 Å². The van der Waals surface area contributed by atoms with Gasteiger partial charge in [-0.05, 0) is 50.1 Å². The first kappa shape index (κ1) is 16.2. The fraction of sp³-hybridized carbons (Fsp3) is 0.316. The number of hydrogen-bond acceptors (Lipinski definition) is 4. The Bertz CT molecular complexity index is 779. The summed E-state index contributed by atoms with van der Waals surface area (Å²) < 4.78 is 0. The van der Waals surface area contributed by atoms with E-state index in [1.807, 2.05) is 31.5 Å². The monoisotopic (exact) mass is 321 g/mol. The lowest BCUT2D eigenvalue weighted by molar-refractivity contribution is 0.677. The van der Waals surface area contributed by atoms with Crippen LogP contribution in [0.15, 0.2) is 46.4 Å². The normalized spacial score (nSPS) is 14.3. The second kappa shape index (κ2) is 7.25. The number of aliphatic imine (C=N–C) groups is 2. The van der Waals surface area contributed by atoms with E-state index >= 15 is 0 Å². The van der Waals surface area contributed by atoms with Crippen molar-refractivity contribution in [2.24, 2.45) is 9.98 Å². The van der Waals surface area contributed by atoms with Crippen LogP contribution in [-0.2, 0) is 0 Å². The highest BCUT2D eigenvalue weighted by Crippen LogP contribution is 2.18. The summed E-state index contributed by atoms with van der Waals surface area (Å²) in [5, 5.41) is 3.48. The third-order valence-electron chi connectivity index (χ3n) is 4.21. The molecule has 0 amide bonds. The summed E-state index contributed by atoms with van der Waals surface area (Å²) in [6.07, 6.45) is 1.83. The smallest absolute Gasteiger partial charge is 0.153 e. The molecule has 5 nitrogen and oxygen atoms in total. The van der Waals surface area contributed by atoms with Crippen LogP contribution in [0, 0.1) is 20.8 Å². The van der Waals surface area contributed by atoms with E-state index in [4.69, 9.17) is 0 Å². The molecular formula is C19H23N5. The summed E-state index contributed by atoms with van der Waals surface area (Å²) in [6.45, 7) is 8.59. The van der Waals surface area contributed by atoms with Crippen molar-refractivity contribution in [2.45, 2.75) is 20.8 Å². The fourth-order valence-corrected chi connectivity index (χ4v) is 2.63. The van der Waals surface area contributed by atoms with E-state index in [0.29, 0.717) is 6.54 Å². The van der Waals surface area contributed by atoms with Crippen LogP contribution < -0.4 is 5.32 Å². The van der Waals surface area contributed by atoms with Crippen molar-refractivity contribution in [2.75, 3.05) is 25.0 Å². The first-order valence-corrected chi connectivity index (χ1v) is 8.21. The summed E-state index contributed by atoms with van der Waals surface area (Å²) >= 11 is 0. The minimum Gasteiger partial charge on any atom is -0.378 e. The zero-order chi connectivity index (χ0) is 16.9. The molecule has 1 aliphatic heterocycles. The Morgan fingerprint density at radius 1 is 1.17 bits per heavy atom. The molecule has 1 aliphatic rings. The number of amidine groups is 1. The van der Waals surface area contributed by atoms with Gasteiger partial charge in [0.2, 0.25) is 0 Å². The topological polar surface area (TPSA) is 52.9 Å². The molecule has 0 radical (unpaired) electrons. The SMILES string of the molecule is Cc1cccc(/N=C/N2CCN=C2CNc2cccc(C)c2C)n1. The molecule has 0 fully saturated rings. The van der Waals surface area contributed by atoms with E-state index in [1.165, 1.54) is 11.1 Å². The maximum absolute atomic E-state index is 4.58. The summed E-state index contributed by atoms with van der Waals surface area (Å²) in [5.74, 6) is 1.73. The molecule has 0 saturated heterocycles. The largest absolute Gasteiger partial charge is 0.378 e. The predicted molar refractivity (Wildman–Crippen MR) is 101 cm³/mol. The van der Waals surface area contributed by atoms with Gasteiger partial charge in [0.1, 0.15) is 5.84 Å². The van der Waals surface area contributed by atoms with Gasteiger partial charge in [-0.2, -0.15) is 0 Å². The molecule has 5 heteroatoms. The zero-order valence-corrected chi connectivity index (χ0v) is 14.5. The van der Waals surface area contributed by atoms with Crippen molar-refractivity contribution in [1.29, 1.82) is 0 Å². The number of rotatable bonds is 5. The number of hydrogen-bond donors (Lipinski definition) is 1. The van der Waals surface area contributed by atoms with E-state index < -0.39 is 0 Å². The van der Waals surface area contributed by atoms with E-state index in [2.05, 4.69) is 57.2 Å². The minimum absolute atomic E-state index is 0.692. The molecule has 1 N–H and O–H groups in total. The van der Waals surface area contributed by atoms with Crippen LogP contribution in [0.2, 0.25) is 0 Å². The maximum Gasteiger partial charge on any atom is 0.153 e. The number of pyridine rings is 1. The van der Waals surface area contributed by atoms with Gasteiger partial charge in [-0.25, -0.2) is 9.98 Å². The van der Waals surface area contributed by atoms with Crippen LogP contribution in [0.5, 0.6) is 0 Å². The summed E-state index contributed by atoms with van der Waals surface area (Å²) in [7, 11) is 0. The van der Waals surface area contributed by atoms with Crippen molar-refractivity contribution >= 4 is 23.7 Å². The Balaban J connectivity index is 1.64. The third kappa shape index (κ3) is 3.79. The molecule has 0 bridgehead atoms. The maximum atomic E-state index is 4.58. The van der Waals surface area contributed by atoms with Crippen molar-refractivity contribution in [3.8, 4) is 0 Å². The second-order valence-electron chi connectivity index (χ2n) is 5.97. The number of nitrogens with zero attached hydrogens (tertiary/aromatic N) is 4. The molecule has 1 aromatic heterocycles. The molecular weight excluding hydrogens is 298 g/mol. The molecule has 3 rings (SSSR count). The number of nitrogens with one attached hydrogen (secondary N) is 1. The van der Waals surface area contributed by atoms with Crippen molar-refractivity contribution in [1.82, 2.24) is 9.88 Å². The van der Waals surface area contributed by atoms with Crippen molar-refractivity contribution in [3.63, 3.8) is 0 Å². The Hall–Kier alpha value is -2.69. The Kier molecular flexibility index (Phi) is 4.89. The lowest BCUT2D eigenvalue weighted by atomic mass is 10.1. The van der Waals surface area contributed by atoms with Gasteiger partial charge in [0.15, 0.2) is 5.82 Å². The van der Waals surface area contributed by atoms with E-state index in [0.717, 1.165) is 36.1 Å². The van der Waals surface area contributed by atoms with E-state index in [9.17, 15) is 0 Å². The molecule has 2 aromatic rings. The first-order chi connectivity index (χ1) is 11.6. The second-order valence-corrected chi connectivity index (χ2v) is 5.97. The lowest BCUT2D eigenvalue weighted by Crippen LogP contribution is -2.31. The number of anilines is 1. The minimum atomic E-state index is 0.692. The molecule has 24 heavy (non-hydrogen) atoms.